The van der Waals surface area contributed by atoms with E-state index in [-0.39, 0.29) is 11.8 Å². The molecule has 2 fully saturated rings. The van der Waals surface area contributed by atoms with Crippen LogP contribution in [-0.2, 0) is 16.1 Å². The lowest BCUT2D eigenvalue weighted by atomic mass is 9.92. The maximum atomic E-state index is 11.3. The quantitative estimate of drug-likeness (QED) is 0.832. The van der Waals surface area contributed by atoms with Gasteiger partial charge in [0.2, 0.25) is 5.91 Å². The second-order valence-corrected chi connectivity index (χ2v) is 7.54. The van der Waals surface area contributed by atoms with E-state index in [4.69, 9.17) is 10.5 Å². The molecule has 0 aromatic heterocycles. The molecule has 5 nitrogen and oxygen atoms in total. The fourth-order valence-corrected chi connectivity index (χ4v) is 3.99. The number of piperidine rings is 1. The third kappa shape index (κ3) is 5.19. The Bertz CT molecular complexity index is 564. The van der Waals surface area contributed by atoms with Crippen molar-refractivity contribution in [1.29, 1.82) is 0 Å². The third-order valence-corrected chi connectivity index (χ3v) is 5.69. The lowest BCUT2D eigenvalue weighted by molar-refractivity contribution is -0.123. The molecule has 0 radical (unpaired) electrons. The lowest BCUT2D eigenvalue weighted by Crippen LogP contribution is -2.38. The van der Waals surface area contributed by atoms with Gasteiger partial charge >= 0.3 is 0 Å². The minimum Gasteiger partial charge on any atom is -0.382 e. The van der Waals surface area contributed by atoms with Crippen molar-refractivity contribution < 1.29 is 9.53 Å². The molecular formula is C20H31N3O2. The molecule has 138 valence electrons. The lowest BCUT2D eigenvalue weighted by Gasteiger charge is -2.31. The topological polar surface area (TPSA) is 67.6 Å². The summed E-state index contributed by atoms with van der Waals surface area (Å²) >= 11 is 0. The molecule has 0 spiro atoms. The second-order valence-electron chi connectivity index (χ2n) is 7.54. The van der Waals surface area contributed by atoms with E-state index in [9.17, 15) is 4.79 Å². The van der Waals surface area contributed by atoms with Crippen LogP contribution in [0.1, 0.15) is 38.2 Å². The molecule has 1 amide bonds. The smallest absolute Gasteiger partial charge is 0.220 e. The predicted octanol–water partition coefficient (Wildman–Crippen LogP) is 2.61. The first-order valence-corrected chi connectivity index (χ1v) is 9.56. The van der Waals surface area contributed by atoms with Crippen molar-refractivity contribution in [2.45, 2.75) is 45.2 Å². The summed E-state index contributed by atoms with van der Waals surface area (Å²) in [5, 5.41) is 3.68. The van der Waals surface area contributed by atoms with Crippen molar-refractivity contribution in [2.24, 2.45) is 17.6 Å². The highest BCUT2D eigenvalue weighted by molar-refractivity contribution is 5.76. The first kappa shape index (κ1) is 18.2. The van der Waals surface area contributed by atoms with Gasteiger partial charge in [0.15, 0.2) is 0 Å². The second kappa shape index (κ2) is 8.68. The number of carbonyl (C=O) groups excluding carboxylic acids is 1. The molecule has 2 aliphatic rings. The van der Waals surface area contributed by atoms with Crippen LogP contribution in [0.5, 0.6) is 0 Å². The zero-order chi connectivity index (χ0) is 17.6. The Hall–Kier alpha value is -1.59. The van der Waals surface area contributed by atoms with E-state index in [1.807, 2.05) is 0 Å². The van der Waals surface area contributed by atoms with Gasteiger partial charge in [-0.2, -0.15) is 0 Å². The number of rotatable bonds is 6. The van der Waals surface area contributed by atoms with E-state index in [1.165, 1.54) is 11.3 Å². The van der Waals surface area contributed by atoms with Gasteiger partial charge in [-0.25, -0.2) is 0 Å². The molecule has 2 heterocycles. The van der Waals surface area contributed by atoms with Crippen LogP contribution < -0.4 is 11.1 Å². The maximum absolute atomic E-state index is 11.3. The molecule has 0 aliphatic carbocycles. The number of nitrogens with one attached hydrogen (secondary N) is 1. The summed E-state index contributed by atoms with van der Waals surface area (Å²) in [6.07, 6.45) is 4.05. The van der Waals surface area contributed by atoms with Gasteiger partial charge in [0.1, 0.15) is 0 Å². The molecule has 25 heavy (non-hydrogen) atoms. The van der Waals surface area contributed by atoms with Gasteiger partial charge in [-0.1, -0.05) is 12.1 Å². The summed E-state index contributed by atoms with van der Waals surface area (Å²) in [6.45, 7) is 6.88. The number of anilines is 1. The summed E-state index contributed by atoms with van der Waals surface area (Å²) in [6, 6.07) is 9.19. The Morgan fingerprint density at radius 3 is 2.68 bits per heavy atom. The molecule has 5 heteroatoms. The summed E-state index contributed by atoms with van der Waals surface area (Å²) in [4.78, 5) is 13.7. The molecule has 0 unspecified atom stereocenters. The van der Waals surface area contributed by atoms with Crippen molar-refractivity contribution in [3.63, 3.8) is 0 Å². The van der Waals surface area contributed by atoms with Gasteiger partial charge in [-0.3, -0.25) is 9.69 Å². The molecule has 1 aromatic carbocycles. The minimum absolute atomic E-state index is 0.0598. The molecule has 1 aromatic rings. The molecular weight excluding hydrogens is 314 g/mol. The van der Waals surface area contributed by atoms with Gasteiger partial charge in [-0.05, 0) is 69.3 Å². The van der Waals surface area contributed by atoms with Crippen LogP contribution in [0.4, 0.5) is 5.69 Å². The van der Waals surface area contributed by atoms with Gasteiger partial charge in [-0.15, -0.1) is 0 Å². The number of hydrogen-bond donors (Lipinski definition) is 2. The van der Waals surface area contributed by atoms with Gasteiger partial charge in [0.05, 0.1) is 0 Å². The van der Waals surface area contributed by atoms with Crippen LogP contribution in [0.25, 0.3) is 0 Å². The van der Waals surface area contributed by atoms with E-state index in [0.29, 0.717) is 12.0 Å². The zero-order valence-electron chi connectivity index (χ0n) is 15.2. The SMILES string of the molecule is C[C@@H](Nc1cccc(CN2CCC(C(N)=O)CC2)c1)C1CCOCC1. The number of likely N-dealkylation sites (tertiary alicyclic amines) is 1. The van der Waals surface area contributed by atoms with E-state index >= 15 is 0 Å². The molecule has 3 N–H and O–H groups in total. The zero-order valence-corrected chi connectivity index (χ0v) is 15.2. The van der Waals surface area contributed by atoms with Gasteiger partial charge in [0, 0.05) is 37.4 Å². The Morgan fingerprint density at radius 1 is 1.28 bits per heavy atom. The summed E-state index contributed by atoms with van der Waals surface area (Å²) < 4.78 is 5.46. The molecule has 1 atom stereocenters. The van der Waals surface area contributed by atoms with Crippen LogP contribution in [0, 0.1) is 11.8 Å². The van der Waals surface area contributed by atoms with Crippen LogP contribution >= 0.6 is 0 Å². The van der Waals surface area contributed by atoms with E-state index in [2.05, 4.69) is 41.4 Å². The number of benzene rings is 1. The molecule has 2 aliphatic heterocycles. The third-order valence-electron chi connectivity index (χ3n) is 5.69. The Balaban J connectivity index is 1.52. The fraction of sp³-hybridized carbons (Fsp3) is 0.650. The monoisotopic (exact) mass is 345 g/mol. The summed E-state index contributed by atoms with van der Waals surface area (Å²) in [5.74, 6) is 0.600. The Morgan fingerprint density at radius 2 is 2.00 bits per heavy atom. The predicted molar refractivity (Wildman–Crippen MR) is 100 cm³/mol. The van der Waals surface area contributed by atoms with Crippen molar-refractivity contribution in [3.05, 3.63) is 29.8 Å². The maximum Gasteiger partial charge on any atom is 0.220 e. The standard InChI is InChI=1S/C20H31N3O2/c1-15(17-7-11-25-12-8-17)22-19-4-2-3-16(13-19)14-23-9-5-18(6-10-23)20(21)24/h2-4,13,15,17-18,22H,5-12,14H2,1H3,(H2,21,24)/t15-/m1/s1. The van der Waals surface area contributed by atoms with Crippen LogP contribution in [0.3, 0.4) is 0 Å². The largest absolute Gasteiger partial charge is 0.382 e. The van der Waals surface area contributed by atoms with Gasteiger partial charge in [0.25, 0.3) is 0 Å². The van der Waals surface area contributed by atoms with Crippen molar-refractivity contribution in [2.75, 3.05) is 31.6 Å². The fourth-order valence-electron chi connectivity index (χ4n) is 3.99. The van der Waals surface area contributed by atoms with Crippen molar-refractivity contribution in [3.8, 4) is 0 Å². The van der Waals surface area contributed by atoms with Crippen LogP contribution in [0.2, 0.25) is 0 Å². The number of amides is 1. The molecule has 2 saturated heterocycles. The van der Waals surface area contributed by atoms with E-state index < -0.39 is 0 Å². The van der Waals surface area contributed by atoms with Crippen molar-refractivity contribution in [1.82, 2.24) is 4.90 Å². The minimum atomic E-state index is -0.145. The number of nitrogens with two attached hydrogens (primary N) is 1. The Kier molecular flexibility index (Phi) is 6.32. The van der Waals surface area contributed by atoms with Crippen LogP contribution in [-0.4, -0.2) is 43.2 Å². The van der Waals surface area contributed by atoms with Crippen LogP contribution in [0.15, 0.2) is 24.3 Å². The number of nitrogens with zero attached hydrogens (tertiary/aromatic N) is 1. The average Bonchev–Trinajstić information content (AvgIpc) is 2.63. The highest BCUT2D eigenvalue weighted by Crippen LogP contribution is 2.23. The molecule has 0 bridgehead atoms. The highest BCUT2D eigenvalue weighted by atomic mass is 16.5. The molecule has 0 saturated carbocycles. The van der Waals surface area contributed by atoms with Crippen molar-refractivity contribution >= 4 is 11.6 Å². The highest BCUT2D eigenvalue weighted by Gasteiger charge is 2.23. The first-order valence-electron chi connectivity index (χ1n) is 9.56. The first-order chi connectivity index (χ1) is 12.1. The van der Waals surface area contributed by atoms with E-state index in [0.717, 1.165) is 58.5 Å². The number of primary amides is 1. The normalized spacial score (nSPS) is 21.8. The molecule has 3 rings (SSSR count). The van der Waals surface area contributed by atoms with E-state index in [1.54, 1.807) is 0 Å². The average molecular weight is 345 g/mol. The van der Waals surface area contributed by atoms with Gasteiger partial charge < -0.3 is 15.8 Å². The summed E-state index contributed by atoms with van der Waals surface area (Å²) in [5.41, 5.74) is 7.94. The summed E-state index contributed by atoms with van der Waals surface area (Å²) in [7, 11) is 0. The Labute approximate surface area is 150 Å². The number of carbonyl (C=O) groups is 1. The number of ether oxygens (including phenoxy) is 1. The number of hydrogen-bond acceptors (Lipinski definition) is 4.